The molecule has 2 aliphatic rings. The maximum absolute atomic E-state index is 14.3. The van der Waals surface area contributed by atoms with Crippen molar-refractivity contribution in [2.24, 2.45) is 17.8 Å². The highest BCUT2D eigenvalue weighted by atomic mass is 19.2. The quantitative estimate of drug-likeness (QED) is 0.540. The monoisotopic (exact) mass is 350 g/mol. The van der Waals surface area contributed by atoms with E-state index in [4.69, 9.17) is 4.74 Å². The minimum absolute atomic E-state index is 0.00346. The zero-order valence-electron chi connectivity index (χ0n) is 15.7. The molecule has 0 spiro atoms. The standard InChI is InChI=1S/C20H28F2O.C2H4/c1-13-3-5-14(6-4-13)15-7-9-16(10-8-15)17-11-12-18(23-2)20(22)19(17)21;1-2/h11-16H,3-10H2,1-2H3;1-2H2. The smallest absolute Gasteiger partial charge is 0.200 e. The molecule has 2 fully saturated rings. The van der Waals surface area contributed by atoms with Crippen LogP contribution in [0.1, 0.15) is 69.8 Å². The lowest BCUT2D eigenvalue weighted by Crippen LogP contribution is -2.25. The second-order valence-corrected chi connectivity index (χ2v) is 7.62. The molecule has 2 saturated carbocycles. The summed E-state index contributed by atoms with van der Waals surface area (Å²) in [6.45, 7) is 8.36. The van der Waals surface area contributed by atoms with Crippen LogP contribution in [-0.2, 0) is 0 Å². The third kappa shape index (κ3) is 4.62. The zero-order valence-corrected chi connectivity index (χ0v) is 15.7. The van der Waals surface area contributed by atoms with E-state index in [0.29, 0.717) is 5.56 Å². The van der Waals surface area contributed by atoms with Crippen molar-refractivity contribution in [1.29, 1.82) is 0 Å². The predicted octanol–water partition coefficient (Wildman–Crippen LogP) is 6.88. The number of ether oxygens (including phenoxy) is 1. The summed E-state index contributed by atoms with van der Waals surface area (Å²) in [5, 5.41) is 0. The minimum Gasteiger partial charge on any atom is -0.494 e. The normalized spacial score (nSPS) is 29.4. The van der Waals surface area contributed by atoms with Crippen LogP contribution >= 0.6 is 0 Å². The highest BCUT2D eigenvalue weighted by molar-refractivity contribution is 5.33. The summed E-state index contributed by atoms with van der Waals surface area (Å²) < 4.78 is 33.1. The summed E-state index contributed by atoms with van der Waals surface area (Å²) in [7, 11) is 1.37. The van der Waals surface area contributed by atoms with Gasteiger partial charge >= 0.3 is 0 Å². The lowest BCUT2D eigenvalue weighted by Gasteiger charge is -2.37. The summed E-state index contributed by atoms with van der Waals surface area (Å²) in [6, 6.07) is 3.27. The lowest BCUT2D eigenvalue weighted by atomic mass is 9.68. The van der Waals surface area contributed by atoms with E-state index in [1.807, 2.05) is 0 Å². The molecule has 0 radical (unpaired) electrons. The van der Waals surface area contributed by atoms with Gasteiger partial charge in [0.2, 0.25) is 5.82 Å². The summed E-state index contributed by atoms with van der Waals surface area (Å²) >= 11 is 0. The van der Waals surface area contributed by atoms with Gasteiger partial charge in [-0.2, -0.15) is 4.39 Å². The second kappa shape index (κ2) is 9.35. The van der Waals surface area contributed by atoms with Crippen LogP contribution in [0.2, 0.25) is 0 Å². The van der Waals surface area contributed by atoms with Crippen molar-refractivity contribution in [1.82, 2.24) is 0 Å². The second-order valence-electron chi connectivity index (χ2n) is 7.62. The molecule has 1 aromatic rings. The van der Waals surface area contributed by atoms with E-state index < -0.39 is 11.6 Å². The molecule has 3 heteroatoms. The molecule has 1 nitrogen and oxygen atoms in total. The Kier molecular flexibility index (Phi) is 7.46. The fourth-order valence-electron chi connectivity index (χ4n) is 4.68. The molecule has 25 heavy (non-hydrogen) atoms. The van der Waals surface area contributed by atoms with Gasteiger partial charge in [0.1, 0.15) is 0 Å². The van der Waals surface area contributed by atoms with Crippen LogP contribution in [0.3, 0.4) is 0 Å². The molecule has 0 N–H and O–H groups in total. The van der Waals surface area contributed by atoms with Crippen LogP contribution in [0.4, 0.5) is 8.78 Å². The molecule has 0 heterocycles. The molecule has 0 unspecified atom stereocenters. The van der Waals surface area contributed by atoms with E-state index in [2.05, 4.69) is 20.1 Å². The molecule has 140 valence electrons. The Morgan fingerprint density at radius 1 is 0.840 bits per heavy atom. The summed E-state index contributed by atoms with van der Waals surface area (Å²) in [6.07, 6.45) is 9.75. The topological polar surface area (TPSA) is 9.23 Å². The Labute approximate surface area is 151 Å². The van der Waals surface area contributed by atoms with Crippen molar-refractivity contribution >= 4 is 0 Å². The van der Waals surface area contributed by atoms with Gasteiger partial charge in [0.25, 0.3) is 0 Å². The molecule has 1 aromatic carbocycles. The molecular weight excluding hydrogens is 318 g/mol. The van der Waals surface area contributed by atoms with Gasteiger partial charge in [-0.3, -0.25) is 0 Å². The highest BCUT2D eigenvalue weighted by Gasteiger charge is 2.31. The van der Waals surface area contributed by atoms with Crippen LogP contribution in [0.15, 0.2) is 25.3 Å². The van der Waals surface area contributed by atoms with Gasteiger partial charge < -0.3 is 4.74 Å². The van der Waals surface area contributed by atoms with Gasteiger partial charge in [-0.15, -0.1) is 13.2 Å². The Bertz CT molecular complexity index is 541. The molecule has 3 rings (SSSR count). The third-order valence-electron chi connectivity index (χ3n) is 6.24. The third-order valence-corrected chi connectivity index (χ3v) is 6.24. The van der Waals surface area contributed by atoms with Crippen LogP contribution in [0.5, 0.6) is 5.75 Å². The van der Waals surface area contributed by atoms with Crippen molar-refractivity contribution in [2.75, 3.05) is 7.11 Å². The van der Waals surface area contributed by atoms with Gasteiger partial charge in [0, 0.05) is 0 Å². The van der Waals surface area contributed by atoms with Gasteiger partial charge in [0.15, 0.2) is 11.6 Å². The van der Waals surface area contributed by atoms with E-state index in [-0.39, 0.29) is 11.7 Å². The van der Waals surface area contributed by atoms with Crippen molar-refractivity contribution in [3.05, 3.63) is 42.5 Å². The fraction of sp³-hybridized carbons (Fsp3) is 0.636. The average Bonchev–Trinajstić information content (AvgIpc) is 2.66. The van der Waals surface area contributed by atoms with E-state index in [1.165, 1.54) is 32.8 Å². The minimum atomic E-state index is -0.839. The number of hydrogen-bond donors (Lipinski definition) is 0. The van der Waals surface area contributed by atoms with Crippen molar-refractivity contribution in [3.8, 4) is 5.75 Å². The Hall–Kier alpha value is -1.38. The Morgan fingerprint density at radius 2 is 1.36 bits per heavy atom. The Balaban J connectivity index is 0.00000109. The first-order chi connectivity index (χ1) is 12.1. The van der Waals surface area contributed by atoms with Crippen LogP contribution < -0.4 is 4.74 Å². The summed E-state index contributed by atoms with van der Waals surface area (Å²) in [5.41, 5.74) is 0.541. The molecule has 0 bridgehead atoms. The van der Waals surface area contributed by atoms with E-state index in [9.17, 15) is 8.78 Å². The number of benzene rings is 1. The molecule has 2 aliphatic carbocycles. The van der Waals surface area contributed by atoms with Gasteiger partial charge in [-0.05, 0) is 73.8 Å². The average molecular weight is 350 g/mol. The van der Waals surface area contributed by atoms with Crippen molar-refractivity contribution in [2.45, 2.75) is 64.2 Å². The molecule has 0 saturated heterocycles. The summed E-state index contributed by atoms with van der Waals surface area (Å²) in [5.74, 6) is 1.16. The molecule has 0 aromatic heterocycles. The number of methoxy groups -OCH3 is 1. The largest absolute Gasteiger partial charge is 0.494 e. The van der Waals surface area contributed by atoms with Gasteiger partial charge in [0.05, 0.1) is 7.11 Å². The van der Waals surface area contributed by atoms with Crippen molar-refractivity contribution < 1.29 is 13.5 Å². The van der Waals surface area contributed by atoms with Gasteiger partial charge in [-0.1, -0.05) is 25.8 Å². The molecule has 0 amide bonds. The van der Waals surface area contributed by atoms with E-state index in [1.54, 1.807) is 12.1 Å². The Morgan fingerprint density at radius 3 is 1.88 bits per heavy atom. The maximum atomic E-state index is 14.3. The zero-order chi connectivity index (χ0) is 18.4. The predicted molar refractivity (Wildman–Crippen MR) is 100.0 cm³/mol. The first-order valence-electron chi connectivity index (χ1n) is 9.62. The first-order valence-corrected chi connectivity index (χ1v) is 9.62. The molecule has 0 aliphatic heterocycles. The highest BCUT2D eigenvalue weighted by Crippen LogP contribution is 2.44. The van der Waals surface area contributed by atoms with Crippen LogP contribution in [-0.4, -0.2) is 7.11 Å². The molecular formula is C22H32F2O. The van der Waals surface area contributed by atoms with Gasteiger partial charge in [-0.25, -0.2) is 4.39 Å². The fourth-order valence-corrected chi connectivity index (χ4v) is 4.68. The van der Waals surface area contributed by atoms with Crippen LogP contribution in [0.25, 0.3) is 0 Å². The maximum Gasteiger partial charge on any atom is 0.200 e. The summed E-state index contributed by atoms with van der Waals surface area (Å²) in [4.78, 5) is 0. The van der Waals surface area contributed by atoms with E-state index >= 15 is 0 Å². The molecule has 0 atom stereocenters. The lowest BCUT2D eigenvalue weighted by molar-refractivity contribution is 0.164. The number of rotatable bonds is 3. The first kappa shape index (κ1) is 19.9. The van der Waals surface area contributed by atoms with Crippen molar-refractivity contribution in [3.63, 3.8) is 0 Å². The number of hydrogen-bond acceptors (Lipinski definition) is 1. The SMILES string of the molecule is C=C.COc1ccc(C2CCC(C3CCC(C)CC3)CC2)c(F)c1F. The number of halogens is 2. The van der Waals surface area contributed by atoms with Crippen LogP contribution in [0, 0.1) is 29.4 Å². The van der Waals surface area contributed by atoms with E-state index in [0.717, 1.165) is 43.4 Å².